The van der Waals surface area contributed by atoms with E-state index >= 15 is 0 Å². The minimum atomic E-state index is -0.915. The first-order valence-electron chi connectivity index (χ1n) is 16.6. The number of hydrogen-bond acceptors (Lipinski definition) is 10. The number of nitrogens with zero attached hydrogens (tertiary/aromatic N) is 7. The van der Waals surface area contributed by atoms with Crippen molar-refractivity contribution in [1.82, 2.24) is 24.8 Å². The van der Waals surface area contributed by atoms with E-state index in [4.69, 9.17) is 37.0 Å². The molecule has 6 heterocycles. The maximum atomic E-state index is 14.9. The molecule has 0 saturated carbocycles. The Balaban J connectivity index is 1.38. The third kappa shape index (κ3) is 5.45. The Bertz CT molecular complexity index is 2020. The standard InChI is InChI=1S/C35H37ClF2N8O2S/c1-4-24-25(10-13-46(24)26(47)5-2)45(6-3)33-22-16-41-29(20-8-9-23(38)31-27(20)21(15-39)32(40)49-31)28(36)30(22)42-34(43-33)48-18-35-11-7-12-44(35)17-19(37)14-35/h5,8-9,16,19,24-25H,2,4,6-7,10-14,17-18,40H2,1,3H3/t19-,24-,25-,35+/m1/s1. The zero-order valence-corrected chi connectivity index (χ0v) is 29.0. The number of hydrogen-bond donors (Lipinski definition) is 1. The van der Waals surface area contributed by atoms with Crippen LogP contribution >= 0.6 is 22.9 Å². The van der Waals surface area contributed by atoms with Crippen LogP contribution in [0, 0.1) is 17.1 Å². The molecule has 3 aliphatic heterocycles. The molecular weight excluding hydrogens is 670 g/mol. The number of thiophene rings is 1. The molecule has 10 nitrogen and oxygen atoms in total. The summed E-state index contributed by atoms with van der Waals surface area (Å²) in [6, 6.07) is 4.89. The number of aromatic nitrogens is 3. The topological polar surface area (TPSA) is 125 Å². The van der Waals surface area contributed by atoms with Crippen molar-refractivity contribution in [3.8, 4) is 23.3 Å². The number of likely N-dealkylation sites (tertiary alicyclic amines) is 1. The molecule has 4 aromatic rings. The SMILES string of the molecule is C=CC(=O)N1CC[C@@H](N(CC)c2nc(OC[C@@]34CCCN3C[C@H](F)C4)nc3c(Cl)c(-c4ccc(F)c5sc(N)c(C#N)c45)ncc23)[C@H]1CC. The molecular formula is C35H37ClF2N8O2S. The third-order valence-electron chi connectivity index (χ3n) is 10.5. The zero-order chi connectivity index (χ0) is 34.6. The summed E-state index contributed by atoms with van der Waals surface area (Å²) in [7, 11) is 0. The van der Waals surface area contributed by atoms with E-state index in [2.05, 4.69) is 29.4 Å². The number of likely N-dealkylation sites (N-methyl/N-ethyl adjacent to an activating group) is 1. The number of carbonyl (C=O) groups is 1. The molecule has 3 aliphatic rings. The molecule has 3 saturated heterocycles. The number of nitrogens with two attached hydrogens (primary N) is 1. The van der Waals surface area contributed by atoms with Gasteiger partial charge in [0.25, 0.3) is 0 Å². The highest BCUT2D eigenvalue weighted by atomic mass is 35.5. The first-order chi connectivity index (χ1) is 23.6. The second-order valence-electron chi connectivity index (χ2n) is 13.0. The number of rotatable bonds is 9. The molecule has 4 atom stereocenters. The highest BCUT2D eigenvalue weighted by molar-refractivity contribution is 7.23. The Kier molecular flexibility index (Phi) is 8.83. The fourth-order valence-electron chi connectivity index (χ4n) is 8.26. The van der Waals surface area contributed by atoms with Crippen LogP contribution in [0.2, 0.25) is 5.02 Å². The molecule has 3 fully saturated rings. The number of carbonyl (C=O) groups excluding carboxylic acids is 1. The number of anilines is 2. The van der Waals surface area contributed by atoms with Gasteiger partial charge in [0, 0.05) is 43.2 Å². The van der Waals surface area contributed by atoms with Gasteiger partial charge in [-0.1, -0.05) is 25.1 Å². The Labute approximate surface area is 292 Å². The molecule has 2 N–H and O–H groups in total. The Morgan fingerprint density at radius 2 is 2.16 bits per heavy atom. The van der Waals surface area contributed by atoms with E-state index < -0.39 is 17.5 Å². The molecule has 0 spiro atoms. The van der Waals surface area contributed by atoms with Gasteiger partial charge in [0.05, 0.1) is 44.0 Å². The van der Waals surface area contributed by atoms with Crippen LogP contribution in [0.1, 0.15) is 51.5 Å². The minimum absolute atomic E-state index is 0.0713. The van der Waals surface area contributed by atoms with E-state index in [0.29, 0.717) is 65.8 Å². The average molecular weight is 707 g/mol. The quantitative estimate of drug-likeness (QED) is 0.194. The van der Waals surface area contributed by atoms with Gasteiger partial charge in [0.1, 0.15) is 41.0 Å². The molecule has 49 heavy (non-hydrogen) atoms. The lowest BCUT2D eigenvalue weighted by Gasteiger charge is -2.35. The van der Waals surface area contributed by atoms with E-state index in [1.807, 2.05) is 11.8 Å². The van der Waals surface area contributed by atoms with Gasteiger partial charge in [0.2, 0.25) is 5.91 Å². The van der Waals surface area contributed by atoms with Crippen molar-refractivity contribution in [2.75, 3.05) is 43.4 Å². The van der Waals surface area contributed by atoms with Gasteiger partial charge in [-0.25, -0.2) is 8.78 Å². The Morgan fingerprint density at radius 1 is 1.35 bits per heavy atom. The average Bonchev–Trinajstić information content (AvgIpc) is 3.85. The fourth-order valence-corrected chi connectivity index (χ4v) is 9.51. The second kappa shape index (κ2) is 13.0. The van der Waals surface area contributed by atoms with Crippen molar-refractivity contribution in [2.24, 2.45) is 0 Å². The summed E-state index contributed by atoms with van der Waals surface area (Å²) >= 11 is 8.19. The van der Waals surface area contributed by atoms with Crippen LogP contribution in [0.25, 0.3) is 32.2 Å². The van der Waals surface area contributed by atoms with E-state index in [1.54, 1.807) is 12.3 Å². The highest BCUT2D eigenvalue weighted by Crippen LogP contribution is 2.45. The van der Waals surface area contributed by atoms with Crippen molar-refractivity contribution in [3.05, 3.63) is 47.4 Å². The van der Waals surface area contributed by atoms with E-state index in [1.165, 1.54) is 12.1 Å². The van der Waals surface area contributed by atoms with Crippen molar-refractivity contribution in [1.29, 1.82) is 5.26 Å². The molecule has 0 radical (unpaired) electrons. The van der Waals surface area contributed by atoms with Crippen LogP contribution in [0.4, 0.5) is 19.6 Å². The third-order valence-corrected chi connectivity index (χ3v) is 11.8. The van der Waals surface area contributed by atoms with Gasteiger partial charge in [-0.3, -0.25) is 14.7 Å². The predicted octanol–water partition coefficient (Wildman–Crippen LogP) is 6.50. The molecule has 0 unspecified atom stereocenters. The first-order valence-corrected chi connectivity index (χ1v) is 17.8. The van der Waals surface area contributed by atoms with Crippen LogP contribution in [-0.4, -0.2) is 87.2 Å². The van der Waals surface area contributed by atoms with Gasteiger partial charge < -0.3 is 20.3 Å². The number of alkyl halides is 1. The number of ether oxygens (including phenoxy) is 1. The highest BCUT2D eigenvalue weighted by Gasteiger charge is 2.49. The monoisotopic (exact) mass is 706 g/mol. The number of nitrogen functional groups attached to an aromatic ring is 1. The summed E-state index contributed by atoms with van der Waals surface area (Å²) in [6.07, 6.45) is 5.69. The van der Waals surface area contributed by atoms with Crippen LogP contribution in [0.3, 0.4) is 0 Å². The lowest BCUT2D eigenvalue weighted by atomic mass is 9.95. The van der Waals surface area contributed by atoms with Crippen LogP contribution in [-0.2, 0) is 4.79 Å². The lowest BCUT2D eigenvalue weighted by molar-refractivity contribution is -0.126. The van der Waals surface area contributed by atoms with Gasteiger partial charge in [0.15, 0.2) is 0 Å². The van der Waals surface area contributed by atoms with Crippen molar-refractivity contribution < 1.29 is 18.3 Å². The fraction of sp³-hybridized carbons (Fsp3) is 0.457. The number of pyridine rings is 1. The summed E-state index contributed by atoms with van der Waals surface area (Å²) in [6.45, 7) is 10.3. The number of halogens is 3. The van der Waals surface area contributed by atoms with E-state index in [9.17, 15) is 18.8 Å². The second-order valence-corrected chi connectivity index (χ2v) is 14.4. The van der Waals surface area contributed by atoms with Crippen LogP contribution in [0.5, 0.6) is 6.01 Å². The molecule has 3 aromatic heterocycles. The normalized spacial score (nSPS) is 23.7. The molecule has 0 aliphatic carbocycles. The van der Waals surface area contributed by atoms with E-state index in [0.717, 1.165) is 37.1 Å². The van der Waals surface area contributed by atoms with Gasteiger partial charge in [-0.2, -0.15) is 15.2 Å². The van der Waals surface area contributed by atoms with E-state index in [-0.39, 0.29) is 50.9 Å². The minimum Gasteiger partial charge on any atom is -0.461 e. The summed E-state index contributed by atoms with van der Waals surface area (Å²) in [4.78, 5) is 33.5. The summed E-state index contributed by atoms with van der Waals surface area (Å²) in [5, 5.41) is 11.2. The number of fused-ring (bicyclic) bond motifs is 3. The molecule has 256 valence electrons. The largest absolute Gasteiger partial charge is 0.461 e. The number of nitriles is 1. The van der Waals surface area contributed by atoms with Crippen molar-refractivity contribution in [3.63, 3.8) is 0 Å². The molecule has 0 bridgehead atoms. The Hall–Kier alpha value is -4.12. The molecule has 7 rings (SSSR count). The maximum absolute atomic E-state index is 14.9. The Morgan fingerprint density at radius 3 is 2.90 bits per heavy atom. The van der Waals surface area contributed by atoms with Gasteiger partial charge in [-0.15, -0.1) is 11.3 Å². The molecule has 14 heteroatoms. The van der Waals surface area contributed by atoms with Crippen LogP contribution in [0.15, 0.2) is 31.0 Å². The smallest absolute Gasteiger partial charge is 0.319 e. The van der Waals surface area contributed by atoms with Gasteiger partial charge in [-0.05, 0) is 57.4 Å². The summed E-state index contributed by atoms with van der Waals surface area (Å²) in [5.41, 5.74) is 6.97. The zero-order valence-electron chi connectivity index (χ0n) is 27.4. The summed E-state index contributed by atoms with van der Waals surface area (Å²) in [5.74, 6) is -0.0607. The summed E-state index contributed by atoms with van der Waals surface area (Å²) < 4.78 is 36.2. The van der Waals surface area contributed by atoms with Crippen LogP contribution < -0.4 is 15.4 Å². The first kappa shape index (κ1) is 33.4. The maximum Gasteiger partial charge on any atom is 0.319 e. The number of amides is 1. The predicted molar refractivity (Wildman–Crippen MR) is 188 cm³/mol. The van der Waals surface area contributed by atoms with Crippen molar-refractivity contribution >= 4 is 60.7 Å². The van der Waals surface area contributed by atoms with Gasteiger partial charge >= 0.3 is 6.01 Å². The lowest BCUT2D eigenvalue weighted by Crippen LogP contribution is -2.47. The number of benzene rings is 1. The molecule has 1 amide bonds. The van der Waals surface area contributed by atoms with Crippen molar-refractivity contribution in [2.45, 2.75) is 69.7 Å². The molecule has 1 aromatic carbocycles.